The van der Waals surface area contributed by atoms with Crippen molar-refractivity contribution in [1.82, 2.24) is 15.0 Å². The summed E-state index contributed by atoms with van der Waals surface area (Å²) in [7, 11) is 1.70. The Morgan fingerprint density at radius 3 is 2.57 bits per heavy atom. The van der Waals surface area contributed by atoms with Crippen molar-refractivity contribution in [3.05, 3.63) is 35.4 Å². The van der Waals surface area contributed by atoms with Crippen LogP contribution in [0.25, 0.3) is 0 Å². The van der Waals surface area contributed by atoms with Crippen LogP contribution in [0, 0.1) is 6.92 Å². The first kappa shape index (κ1) is 14.6. The van der Waals surface area contributed by atoms with Crippen LogP contribution < -0.4 is 11.6 Å². The number of hydrogen-bond acceptors (Lipinski definition) is 6. The SMILES string of the molecule is C/C=C1/C(/C(N)=N/N)=NN(Cc2cnc(C)nc2)/C1=N/C. The normalized spacial score (nSPS) is 19.5. The Bertz CT molecular complexity index is 639. The van der Waals surface area contributed by atoms with Gasteiger partial charge in [0.05, 0.1) is 6.54 Å². The molecule has 2 rings (SSSR count). The molecule has 1 aromatic rings. The van der Waals surface area contributed by atoms with Gasteiger partial charge in [-0.3, -0.25) is 4.99 Å². The number of hydrazone groups is 2. The van der Waals surface area contributed by atoms with Gasteiger partial charge in [0.15, 0.2) is 11.7 Å². The van der Waals surface area contributed by atoms with Gasteiger partial charge < -0.3 is 11.6 Å². The average Bonchev–Trinajstić information content (AvgIpc) is 2.86. The molecule has 0 unspecified atom stereocenters. The van der Waals surface area contributed by atoms with Crippen LogP contribution in [0.15, 0.2) is 39.2 Å². The molecule has 21 heavy (non-hydrogen) atoms. The first-order chi connectivity index (χ1) is 10.1. The number of nitrogens with two attached hydrogens (primary N) is 2. The summed E-state index contributed by atoms with van der Waals surface area (Å²) in [5.41, 5.74) is 8.03. The maximum absolute atomic E-state index is 5.78. The van der Waals surface area contributed by atoms with E-state index >= 15 is 0 Å². The Morgan fingerprint density at radius 2 is 2.05 bits per heavy atom. The number of amidine groups is 2. The van der Waals surface area contributed by atoms with Gasteiger partial charge >= 0.3 is 0 Å². The van der Waals surface area contributed by atoms with E-state index in [4.69, 9.17) is 11.6 Å². The molecule has 110 valence electrons. The van der Waals surface area contributed by atoms with Crippen molar-refractivity contribution in [2.75, 3.05) is 7.05 Å². The lowest BCUT2D eigenvalue weighted by Gasteiger charge is -2.14. The largest absolute Gasteiger partial charge is 0.380 e. The molecular weight excluding hydrogens is 268 g/mol. The summed E-state index contributed by atoms with van der Waals surface area (Å²) < 4.78 is 0. The first-order valence-electron chi connectivity index (χ1n) is 6.42. The molecule has 1 aromatic heterocycles. The summed E-state index contributed by atoms with van der Waals surface area (Å²) in [6, 6.07) is 0. The zero-order valence-electron chi connectivity index (χ0n) is 12.3. The number of nitrogens with zero attached hydrogens (tertiary/aromatic N) is 6. The van der Waals surface area contributed by atoms with E-state index in [9.17, 15) is 0 Å². The summed E-state index contributed by atoms with van der Waals surface area (Å²) in [5.74, 6) is 6.85. The highest BCUT2D eigenvalue weighted by Gasteiger charge is 2.29. The Balaban J connectivity index is 2.34. The molecule has 2 heterocycles. The van der Waals surface area contributed by atoms with Gasteiger partial charge in [0.25, 0.3) is 0 Å². The van der Waals surface area contributed by atoms with E-state index in [0.717, 1.165) is 17.0 Å². The van der Waals surface area contributed by atoms with Gasteiger partial charge in [-0.05, 0) is 13.8 Å². The van der Waals surface area contributed by atoms with E-state index in [1.807, 2.05) is 19.9 Å². The Labute approximate surface area is 123 Å². The number of rotatable bonds is 3. The Kier molecular flexibility index (Phi) is 4.27. The molecule has 8 heteroatoms. The topological polar surface area (TPSA) is 118 Å². The van der Waals surface area contributed by atoms with E-state index in [-0.39, 0.29) is 5.84 Å². The molecule has 0 atom stereocenters. The quantitative estimate of drug-likeness (QED) is 0.355. The van der Waals surface area contributed by atoms with Crippen LogP contribution in [-0.4, -0.2) is 39.4 Å². The first-order valence-corrected chi connectivity index (χ1v) is 6.42. The molecule has 0 amide bonds. The van der Waals surface area contributed by atoms with Gasteiger partial charge in [-0.15, -0.1) is 0 Å². The maximum Gasteiger partial charge on any atom is 0.171 e. The molecular formula is C13H18N8. The minimum atomic E-state index is 0.173. The third-order valence-corrected chi connectivity index (χ3v) is 3.01. The number of aliphatic imine (C=N–C) groups is 1. The van der Waals surface area contributed by atoms with Crippen molar-refractivity contribution in [2.24, 2.45) is 26.8 Å². The number of hydrogen-bond donors (Lipinski definition) is 2. The number of aromatic nitrogens is 2. The fourth-order valence-corrected chi connectivity index (χ4v) is 2.00. The molecule has 4 N–H and O–H groups in total. The van der Waals surface area contributed by atoms with Crippen molar-refractivity contribution in [3.8, 4) is 0 Å². The van der Waals surface area contributed by atoms with Crippen LogP contribution >= 0.6 is 0 Å². The highest BCUT2D eigenvalue weighted by molar-refractivity contribution is 6.54. The summed E-state index contributed by atoms with van der Waals surface area (Å²) in [5, 5.41) is 9.68. The fourth-order valence-electron chi connectivity index (χ4n) is 2.00. The third kappa shape index (κ3) is 2.88. The highest BCUT2D eigenvalue weighted by atomic mass is 15.5. The van der Waals surface area contributed by atoms with Crippen molar-refractivity contribution >= 4 is 17.4 Å². The molecule has 0 bridgehead atoms. The standard InChI is InChI=1S/C13H18N8/c1-4-10-11(12(14)19-15)20-21(13(10)16-3)7-9-5-17-8(2)18-6-9/h4-6H,7,15H2,1-3H3,(H2,14,19)/b10-4-,16-13+. The lowest BCUT2D eigenvalue weighted by molar-refractivity contribution is 0.448. The van der Waals surface area contributed by atoms with Crippen molar-refractivity contribution in [3.63, 3.8) is 0 Å². The van der Waals surface area contributed by atoms with E-state index in [1.54, 1.807) is 24.5 Å². The zero-order valence-corrected chi connectivity index (χ0v) is 12.3. The van der Waals surface area contributed by atoms with Gasteiger partial charge in [-0.2, -0.15) is 10.2 Å². The molecule has 1 aliphatic heterocycles. The van der Waals surface area contributed by atoms with Crippen LogP contribution in [0.1, 0.15) is 18.3 Å². The Morgan fingerprint density at radius 1 is 1.38 bits per heavy atom. The predicted molar refractivity (Wildman–Crippen MR) is 82.7 cm³/mol. The second-order valence-electron chi connectivity index (χ2n) is 4.41. The fraction of sp³-hybridized carbons (Fsp3) is 0.308. The van der Waals surface area contributed by atoms with Crippen LogP contribution in [0.5, 0.6) is 0 Å². The van der Waals surface area contributed by atoms with Crippen LogP contribution in [0.3, 0.4) is 0 Å². The van der Waals surface area contributed by atoms with Crippen molar-refractivity contribution < 1.29 is 0 Å². The van der Waals surface area contributed by atoms with E-state index in [2.05, 4.69) is 25.2 Å². The molecule has 0 radical (unpaired) electrons. The summed E-state index contributed by atoms with van der Waals surface area (Å²) in [6.45, 7) is 4.22. The minimum Gasteiger partial charge on any atom is -0.380 e. The molecule has 0 fully saturated rings. The Hall–Kier alpha value is -2.77. The predicted octanol–water partition coefficient (Wildman–Crippen LogP) is 0.162. The molecule has 1 aliphatic rings. The van der Waals surface area contributed by atoms with Gasteiger partial charge in [-0.25, -0.2) is 15.0 Å². The molecule has 0 aromatic carbocycles. The average molecular weight is 286 g/mol. The van der Waals surface area contributed by atoms with Gasteiger partial charge in [0, 0.05) is 30.6 Å². The second-order valence-corrected chi connectivity index (χ2v) is 4.41. The number of allylic oxidation sites excluding steroid dienone is 1. The lowest BCUT2D eigenvalue weighted by atomic mass is 10.1. The summed E-state index contributed by atoms with van der Waals surface area (Å²) in [4.78, 5) is 12.6. The van der Waals surface area contributed by atoms with Gasteiger partial charge in [-0.1, -0.05) is 6.08 Å². The van der Waals surface area contributed by atoms with Crippen LogP contribution in [0.4, 0.5) is 0 Å². The van der Waals surface area contributed by atoms with Crippen LogP contribution in [-0.2, 0) is 6.54 Å². The zero-order chi connectivity index (χ0) is 15.4. The van der Waals surface area contributed by atoms with E-state index in [1.165, 1.54) is 0 Å². The van der Waals surface area contributed by atoms with Crippen molar-refractivity contribution in [2.45, 2.75) is 20.4 Å². The minimum absolute atomic E-state index is 0.173. The van der Waals surface area contributed by atoms with Crippen LogP contribution in [0.2, 0.25) is 0 Å². The lowest BCUT2D eigenvalue weighted by Crippen LogP contribution is -2.27. The maximum atomic E-state index is 5.78. The third-order valence-electron chi connectivity index (χ3n) is 3.01. The second kappa shape index (κ2) is 6.12. The molecule has 0 spiro atoms. The summed E-state index contributed by atoms with van der Waals surface area (Å²) in [6.07, 6.45) is 5.41. The molecule has 0 aliphatic carbocycles. The van der Waals surface area contributed by atoms with E-state index in [0.29, 0.717) is 18.1 Å². The smallest absolute Gasteiger partial charge is 0.171 e. The van der Waals surface area contributed by atoms with Gasteiger partial charge in [0.2, 0.25) is 0 Å². The van der Waals surface area contributed by atoms with Gasteiger partial charge in [0.1, 0.15) is 11.5 Å². The highest BCUT2D eigenvalue weighted by Crippen LogP contribution is 2.19. The van der Waals surface area contributed by atoms with Crippen molar-refractivity contribution in [1.29, 1.82) is 0 Å². The molecule has 8 nitrogen and oxygen atoms in total. The summed E-state index contributed by atoms with van der Waals surface area (Å²) >= 11 is 0. The molecule has 0 saturated heterocycles. The van der Waals surface area contributed by atoms with E-state index < -0.39 is 0 Å². The molecule has 0 saturated carbocycles. The number of aryl methyl sites for hydroxylation is 1. The monoisotopic (exact) mass is 286 g/mol.